The Labute approximate surface area is 141 Å². The molecule has 2 fully saturated rings. The van der Waals surface area contributed by atoms with Crippen molar-refractivity contribution < 1.29 is 19.4 Å². The molecule has 0 spiro atoms. The summed E-state index contributed by atoms with van der Waals surface area (Å²) in [5.41, 5.74) is -0.346. The van der Waals surface area contributed by atoms with Gasteiger partial charge in [0.1, 0.15) is 6.10 Å². The van der Waals surface area contributed by atoms with Crippen molar-refractivity contribution in [3.63, 3.8) is 0 Å². The fourth-order valence-electron chi connectivity index (χ4n) is 2.91. The van der Waals surface area contributed by atoms with Crippen molar-refractivity contribution in [3.05, 3.63) is 5.21 Å². The Morgan fingerprint density at radius 2 is 2.00 bits per heavy atom. The minimum Gasteiger partial charge on any atom is -0.569 e. The number of carbonyl (C=O) groups excluding carboxylic acids is 2. The van der Waals surface area contributed by atoms with Crippen LogP contribution in [0.3, 0.4) is 0 Å². The van der Waals surface area contributed by atoms with Crippen LogP contribution in [-0.2, 0) is 9.63 Å². The van der Waals surface area contributed by atoms with Crippen LogP contribution in [0.15, 0.2) is 5.28 Å². The van der Waals surface area contributed by atoms with E-state index in [0.29, 0.717) is 37.4 Å². The zero-order valence-corrected chi connectivity index (χ0v) is 14.6. The molecule has 1 unspecified atom stereocenters. The van der Waals surface area contributed by atoms with Gasteiger partial charge in [0, 0.05) is 25.9 Å². The van der Waals surface area contributed by atoms with Gasteiger partial charge in [0.15, 0.2) is 6.17 Å². The standard InChI is InChI=1S/C14H26N6O4/c1-5-19(14(2,3)4)20(23)17-24-10-6-8-18(9-7-10)11-12(21)16-13(22)15-11/h10-11H,5-9H2,1-4H3,(H2,15,16,21,22)/b20-17+. The minimum absolute atomic E-state index is 0.184. The van der Waals surface area contributed by atoms with Gasteiger partial charge in [-0.2, -0.15) is 0 Å². The Balaban J connectivity index is 1.84. The Morgan fingerprint density at radius 1 is 1.38 bits per heavy atom. The number of hydrazine groups is 1. The average Bonchev–Trinajstić information content (AvgIpc) is 2.83. The van der Waals surface area contributed by atoms with Crippen molar-refractivity contribution in [1.82, 2.24) is 20.5 Å². The van der Waals surface area contributed by atoms with Gasteiger partial charge in [0.2, 0.25) is 5.28 Å². The number of urea groups is 1. The lowest BCUT2D eigenvalue weighted by Crippen LogP contribution is -2.51. The number of hydrogen-bond donors (Lipinski definition) is 2. The Morgan fingerprint density at radius 3 is 2.46 bits per heavy atom. The van der Waals surface area contributed by atoms with Gasteiger partial charge in [0.25, 0.3) is 5.91 Å². The number of nitrogens with zero attached hydrogens (tertiary/aromatic N) is 4. The summed E-state index contributed by atoms with van der Waals surface area (Å²) in [5, 5.41) is 22.1. The van der Waals surface area contributed by atoms with Crippen molar-refractivity contribution >= 4 is 11.9 Å². The van der Waals surface area contributed by atoms with Crippen LogP contribution in [0.1, 0.15) is 40.5 Å². The molecule has 0 aliphatic carbocycles. The Bertz CT molecular complexity index is 510. The molecule has 2 aliphatic rings. The molecule has 1 atom stereocenters. The molecule has 2 rings (SSSR count). The van der Waals surface area contributed by atoms with Crippen LogP contribution < -0.4 is 10.6 Å². The first-order valence-corrected chi connectivity index (χ1v) is 8.19. The molecular formula is C14H26N6O4. The first-order chi connectivity index (χ1) is 11.2. The van der Waals surface area contributed by atoms with E-state index in [1.807, 2.05) is 32.6 Å². The number of nitrogens with one attached hydrogen (secondary N) is 2. The fraction of sp³-hybridized carbons (Fsp3) is 0.857. The van der Waals surface area contributed by atoms with Gasteiger partial charge in [-0.3, -0.25) is 15.0 Å². The van der Waals surface area contributed by atoms with Gasteiger partial charge in [-0.15, -0.1) is 5.01 Å². The summed E-state index contributed by atoms with van der Waals surface area (Å²) in [6.45, 7) is 9.34. The molecule has 2 saturated heterocycles. The van der Waals surface area contributed by atoms with Crippen molar-refractivity contribution in [2.45, 2.75) is 58.3 Å². The van der Waals surface area contributed by atoms with Crippen LogP contribution in [-0.4, -0.2) is 64.3 Å². The zero-order valence-electron chi connectivity index (χ0n) is 14.6. The monoisotopic (exact) mass is 342 g/mol. The van der Waals surface area contributed by atoms with Crippen LogP contribution in [0, 0.1) is 5.21 Å². The Kier molecular flexibility index (Phi) is 5.47. The molecule has 10 heteroatoms. The smallest absolute Gasteiger partial charge is 0.323 e. The SMILES string of the molecule is CCN(/[N+]([O-])=N\OC1CCN(C2NC(=O)NC2=O)CC1)C(C)(C)C. The number of carbonyl (C=O) groups is 2. The van der Waals surface area contributed by atoms with Crippen LogP contribution in [0.25, 0.3) is 0 Å². The third-order valence-corrected chi connectivity index (χ3v) is 4.14. The second-order valence-corrected chi connectivity index (χ2v) is 6.93. The topological polar surface area (TPSA) is 112 Å². The molecule has 0 bridgehead atoms. The third-order valence-electron chi connectivity index (χ3n) is 4.14. The largest absolute Gasteiger partial charge is 0.569 e. The number of rotatable bonds is 5. The van der Waals surface area contributed by atoms with E-state index < -0.39 is 12.2 Å². The maximum absolute atomic E-state index is 12.1. The first-order valence-electron chi connectivity index (χ1n) is 8.19. The lowest BCUT2D eigenvalue weighted by atomic mass is 10.1. The number of piperidine rings is 1. The molecule has 0 radical (unpaired) electrons. The third kappa shape index (κ3) is 4.25. The normalized spacial score (nSPS) is 23.8. The van der Waals surface area contributed by atoms with E-state index in [9.17, 15) is 14.8 Å². The number of imide groups is 1. The van der Waals surface area contributed by atoms with Crippen LogP contribution in [0.2, 0.25) is 0 Å². The molecule has 136 valence electrons. The van der Waals surface area contributed by atoms with Crippen molar-refractivity contribution in [2.24, 2.45) is 5.28 Å². The molecule has 24 heavy (non-hydrogen) atoms. The highest BCUT2D eigenvalue weighted by molar-refractivity contribution is 6.03. The quantitative estimate of drug-likeness (QED) is 0.326. The molecule has 2 N–H and O–H groups in total. The molecule has 2 heterocycles. The summed E-state index contributed by atoms with van der Waals surface area (Å²) in [6, 6.07) is -0.470. The second-order valence-electron chi connectivity index (χ2n) is 6.93. The van der Waals surface area contributed by atoms with Gasteiger partial charge in [-0.05, 0) is 27.7 Å². The van der Waals surface area contributed by atoms with Crippen molar-refractivity contribution in [3.8, 4) is 0 Å². The van der Waals surface area contributed by atoms with Gasteiger partial charge >= 0.3 is 6.03 Å². The van der Waals surface area contributed by atoms with E-state index in [4.69, 9.17) is 4.84 Å². The molecule has 0 aromatic heterocycles. The molecule has 2 aliphatic heterocycles. The number of hydrogen-bond acceptors (Lipinski definition) is 6. The first kappa shape index (κ1) is 18.2. The molecule has 0 saturated carbocycles. The van der Waals surface area contributed by atoms with E-state index in [0.717, 1.165) is 0 Å². The number of likely N-dealkylation sites (tertiary alicyclic amines) is 1. The summed E-state index contributed by atoms with van der Waals surface area (Å²) in [7, 11) is 0. The van der Waals surface area contributed by atoms with Crippen LogP contribution in [0.5, 0.6) is 0 Å². The van der Waals surface area contributed by atoms with Crippen molar-refractivity contribution in [1.29, 1.82) is 0 Å². The highest BCUT2D eigenvalue weighted by atomic mass is 16.7. The highest BCUT2D eigenvalue weighted by Crippen LogP contribution is 2.18. The van der Waals surface area contributed by atoms with E-state index in [2.05, 4.69) is 15.9 Å². The zero-order chi connectivity index (χ0) is 17.9. The van der Waals surface area contributed by atoms with Crippen LogP contribution >= 0.6 is 0 Å². The van der Waals surface area contributed by atoms with E-state index in [-0.39, 0.29) is 17.6 Å². The summed E-state index contributed by atoms with van der Waals surface area (Å²) in [5.74, 6) is -0.335. The minimum atomic E-state index is -0.622. The lowest BCUT2D eigenvalue weighted by Gasteiger charge is -2.33. The van der Waals surface area contributed by atoms with E-state index in [1.165, 1.54) is 0 Å². The van der Waals surface area contributed by atoms with E-state index >= 15 is 0 Å². The van der Waals surface area contributed by atoms with Gasteiger partial charge < -0.3 is 15.4 Å². The maximum atomic E-state index is 12.1. The maximum Gasteiger partial charge on any atom is 0.323 e. The summed E-state index contributed by atoms with van der Waals surface area (Å²) >= 11 is 0. The molecule has 0 aromatic rings. The summed E-state index contributed by atoms with van der Waals surface area (Å²) in [4.78, 5) is 30.5. The second kappa shape index (κ2) is 7.20. The lowest BCUT2D eigenvalue weighted by molar-refractivity contribution is -0.725. The predicted octanol–water partition coefficient (Wildman–Crippen LogP) is 0.546. The van der Waals surface area contributed by atoms with Gasteiger partial charge in [0.05, 0.1) is 17.1 Å². The molecule has 3 amide bonds. The van der Waals surface area contributed by atoms with E-state index in [1.54, 1.807) is 5.01 Å². The highest BCUT2D eigenvalue weighted by Gasteiger charge is 2.37. The molecule has 10 nitrogen and oxygen atoms in total. The predicted molar refractivity (Wildman–Crippen MR) is 84.3 cm³/mol. The van der Waals surface area contributed by atoms with Crippen LogP contribution in [0.4, 0.5) is 4.79 Å². The summed E-state index contributed by atoms with van der Waals surface area (Å²) < 4.78 is 0. The summed E-state index contributed by atoms with van der Waals surface area (Å²) in [6.07, 6.45) is 0.441. The van der Waals surface area contributed by atoms with Gasteiger partial charge in [-0.1, -0.05) is 0 Å². The molecule has 0 aromatic carbocycles. The number of amides is 3. The van der Waals surface area contributed by atoms with Gasteiger partial charge in [-0.25, -0.2) is 4.79 Å². The fourth-order valence-corrected chi connectivity index (χ4v) is 2.91. The molecular weight excluding hydrogens is 316 g/mol. The average molecular weight is 342 g/mol. The Hall–Kier alpha value is -2.10. The van der Waals surface area contributed by atoms with Crippen molar-refractivity contribution in [2.75, 3.05) is 19.6 Å².